The maximum Gasteiger partial charge on any atom is 0.508 e. The molecule has 1 fully saturated rings. The fourth-order valence-electron chi connectivity index (χ4n) is 3.00. The van der Waals surface area contributed by atoms with Gasteiger partial charge in [0.25, 0.3) is 0 Å². The van der Waals surface area contributed by atoms with Crippen molar-refractivity contribution in [1.29, 1.82) is 0 Å². The van der Waals surface area contributed by atoms with E-state index in [1.165, 1.54) is 6.33 Å². The molecule has 2 atom stereocenters. The third kappa shape index (κ3) is 4.85. The van der Waals surface area contributed by atoms with E-state index in [9.17, 15) is 9.59 Å². The first-order valence-corrected chi connectivity index (χ1v) is 8.79. The Morgan fingerprint density at radius 2 is 2.15 bits per heavy atom. The van der Waals surface area contributed by atoms with Gasteiger partial charge in [-0.05, 0) is 37.8 Å². The van der Waals surface area contributed by atoms with Crippen LogP contribution < -0.4 is 5.73 Å². The molecule has 0 aliphatic carbocycles. The molecule has 1 aliphatic rings. The fourth-order valence-corrected chi connectivity index (χ4v) is 3.00. The lowest BCUT2D eigenvalue weighted by atomic mass is 10.1. The van der Waals surface area contributed by atoms with Gasteiger partial charge in [-0.3, -0.25) is 4.79 Å². The molecule has 1 aliphatic heterocycles. The number of aliphatic carboxylic acids is 1. The minimum atomic E-state index is -0.865. The van der Waals surface area contributed by atoms with Crippen LogP contribution >= 0.6 is 0 Å². The maximum atomic E-state index is 11.6. The molecule has 3 rings (SSSR count). The van der Waals surface area contributed by atoms with Crippen molar-refractivity contribution in [2.45, 2.75) is 44.3 Å². The third-order valence-corrected chi connectivity index (χ3v) is 4.34. The zero-order valence-electron chi connectivity index (χ0n) is 14.7. The highest BCUT2D eigenvalue weighted by Crippen LogP contribution is 2.33. The van der Waals surface area contributed by atoms with Gasteiger partial charge in [-0.15, -0.1) is 0 Å². The lowest BCUT2D eigenvalue weighted by molar-refractivity contribution is -0.137. The van der Waals surface area contributed by atoms with Crippen molar-refractivity contribution in [2.24, 2.45) is 0 Å². The molecule has 3 N–H and O–H groups in total. The van der Waals surface area contributed by atoms with Gasteiger partial charge >= 0.3 is 12.1 Å². The Labute approximate surface area is 155 Å². The predicted octanol–water partition coefficient (Wildman–Crippen LogP) is 1.94. The quantitative estimate of drug-likeness (QED) is 0.521. The maximum absolute atomic E-state index is 11.6. The number of hydrogen-bond donors (Lipinski definition) is 2. The number of aromatic nitrogens is 3. The normalized spacial score (nSPS) is 19.3. The summed E-state index contributed by atoms with van der Waals surface area (Å²) in [4.78, 5) is 25.9. The summed E-state index contributed by atoms with van der Waals surface area (Å²) in [5.74, 6) is -0.462. The Kier molecular flexibility index (Phi) is 6.07. The Bertz CT molecular complexity index is 808. The van der Waals surface area contributed by atoms with Crippen LogP contribution in [-0.4, -0.2) is 51.1 Å². The van der Waals surface area contributed by atoms with Crippen molar-refractivity contribution >= 4 is 23.5 Å². The highest BCUT2D eigenvalue weighted by molar-refractivity contribution is 5.66. The molecule has 0 aromatic carbocycles. The molecule has 2 aromatic heterocycles. The molecule has 0 unspecified atom stereocenters. The lowest BCUT2D eigenvalue weighted by Crippen LogP contribution is -2.19. The van der Waals surface area contributed by atoms with Crippen LogP contribution in [0.1, 0.15) is 43.9 Å². The van der Waals surface area contributed by atoms with E-state index in [4.69, 9.17) is 25.1 Å². The first-order valence-electron chi connectivity index (χ1n) is 8.79. The molecule has 10 heteroatoms. The van der Waals surface area contributed by atoms with Crippen LogP contribution in [0.5, 0.6) is 0 Å². The summed E-state index contributed by atoms with van der Waals surface area (Å²) in [6, 6.07) is 3.75. The second-order valence-electron chi connectivity index (χ2n) is 6.28. The highest BCUT2D eigenvalue weighted by Gasteiger charge is 2.30. The molecule has 1 saturated heterocycles. The summed E-state index contributed by atoms with van der Waals surface area (Å²) in [7, 11) is 0. The molecule has 3 heterocycles. The van der Waals surface area contributed by atoms with Gasteiger partial charge in [0.1, 0.15) is 24.6 Å². The average molecular weight is 378 g/mol. The number of carbonyl (C=O) groups is 2. The molecule has 0 saturated carbocycles. The molecule has 10 nitrogen and oxygen atoms in total. The third-order valence-electron chi connectivity index (χ3n) is 4.34. The van der Waals surface area contributed by atoms with Crippen molar-refractivity contribution in [3.05, 3.63) is 24.2 Å². The predicted molar refractivity (Wildman–Crippen MR) is 93.0 cm³/mol. The van der Waals surface area contributed by atoms with Crippen molar-refractivity contribution in [1.82, 2.24) is 14.6 Å². The number of nitrogen functional groups attached to an aromatic ring is 1. The van der Waals surface area contributed by atoms with Gasteiger partial charge in [0.15, 0.2) is 5.82 Å². The fraction of sp³-hybridized carbons (Fsp3) is 0.529. The summed E-state index contributed by atoms with van der Waals surface area (Å²) in [6.07, 6.45) is 2.74. The molecule has 146 valence electrons. The Hall–Kier alpha value is -2.88. The van der Waals surface area contributed by atoms with E-state index in [0.29, 0.717) is 18.7 Å². The number of carboxylic acids is 1. The van der Waals surface area contributed by atoms with Crippen molar-refractivity contribution in [2.75, 3.05) is 18.9 Å². The molecular formula is C17H22N4O6. The van der Waals surface area contributed by atoms with E-state index in [-0.39, 0.29) is 31.8 Å². The first kappa shape index (κ1) is 18.9. The van der Waals surface area contributed by atoms with Gasteiger partial charge in [-0.25, -0.2) is 14.3 Å². The van der Waals surface area contributed by atoms with Gasteiger partial charge in [-0.1, -0.05) is 0 Å². The number of nitrogens with zero attached hydrogens (tertiary/aromatic N) is 3. The molecule has 0 radical (unpaired) electrons. The molecule has 0 bridgehead atoms. The minimum absolute atomic E-state index is 0.0562. The van der Waals surface area contributed by atoms with Gasteiger partial charge in [-0.2, -0.15) is 5.10 Å². The van der Waals surface area contributed by atoms with Gasteiger partial charge in [0, 0.05) is 6.42 Å². The number of hydrogen-bond acceptors (Lipinski definition) is 8. The zero-order chi connectivity index (χ0) is 19.2. The number of ether oxygens (including phenoxy) is 3. The van der Waals surface area contributed by atoms with Gasteiger partial charge in [0.05, 0.1) is 18.4 Å². The van der Waals surface area contributed by atoms with Crippen molar-refractivity contribution < 1.29 is 28.9 Å². The average Bonchev–Trinajstić information content (AvgIpc) is 3.26. The van der Waals surface area contributed by atoms with Crippen LogP contribution in [0.3, 0.4) is 0 Å². The summed E-state index contributed by atoms with van der Waals surface area (Å²) in [5, 5.41) is 12.7. The highest BCUT2D eigenvalue weighted by atomic mass is 16.7. The number of nitrogens with two attached hydrogens (primary N) is 1. The summed E-state index contributed by atoms with van der Waals surface area (Å²) in [6.45, 7) is 0.239. The van der Waals surface area contributed by atoms with Crippen LogP contribution in [-0.2, 0) is 19.0 Å². The Morgan fingerprint density at radius 3 is 2.96 bits per heavy atom. The standard InChI is InChI=1S/C17H22N4O6/c18-16-13-6-5-12(21(13)20-10-19-16)14-7-4-11(27-14)9-26-17(24)25-8-2-1-3-15(22)23/h5-6,10-11,14H,1-4,7-9H2,(H,22,23)(H2,18,19,20)/t11-,14+/m0/s1. The largest absolute Gasteiger partial charge is 0.508 e. The summed E-state index contributed by atoms with van der Waals surface area (Å²) >= 11 is 0. The van der Waals surface area contributed by atoms with E-state index in [2.05, 4.69) is 10.1 Å². The van der Waals surface area contributed by atoms with E-state index in [1.807, 2.05) is 12.1 Å². The van der Waals surface area contributed by atoms with E-state index in [1.54, 1.807) is 4.52 Å². The molecule has 0 amide bonds. The smallest absolute Gasteiger partial charge is 0.481 e. The summed E-state index contributed by atoms with van der Waals surface area (Å²) < 4.78 is 17.6. The van der Waals surface area contributed by atoms with Crippen LogP contribution in [0.2, 0.25) is 0 Å². The van der Waals surface area contributed by atoms with Crippen LogP contribution in [0.4, 0.5) is 10.6 Å². The van der Waals surface area contributed by atoms with E-state index >= 15 is 0 Å². The Balaban J connectivity index is 1.41. The first-order chi connectivity index (χ1) is 13.0. The number of carboxylic acid groups (broad SMARTS) is 1. The molecule has 27 heavy (non-hydrogen) atoms. The second kappa shape index (κ2) is 8.67. The van der Waals surface area contributed by atoms with Crippen molar-refractivity contribution in [3.8, 4) is 0 Å². The topological polar surface area (TPSA) is 138 Å². The van der Waals surface area contributed by atoms with Crippen LogP contribution in [0.25, 0.3) is 5.52 Å². The number of carbonyl (C=O) groups excluding carboxylic acids is 1. The summed E-state index contributed by atoms with van der Waals surface area (Å²) in [5.41, 5.74) is 7.44. The lowest BCUT2D eigenvalue weighted by Gasteiger charge is -2.14. The molecule has 0 spiro atoms. The number of anilines is 1. The number of fused-ring (bicyclic) bond motifs is 1. The number of rotatable bonds is 8. The van der Waals surface area contributed by atoms with Crippen molar-refractivity contribution in [3.63, 3.8) is 0 Å². The molecular weight excluding hydrogens is 356 g/mol. The van der Waals surface area contributed by atoms with E-state index in [0.717, 1.165) is 24.1 Å². The molecule has 2 aromatic rings. The SMILES string of the molecule is Nc1ncnn2c([C@H]3CC[C@@H](COC(=O)OCCCCC(=O)O)O3)ccc12. The number of unbranched alkanes of at least 4 members (excludes halogenated alkanes) is 1. The zero-order valence-corrected chi connectivity index (χ0v) is 14.7. The Morgan fingerprint density at radius 1 is 1.30 bits per heavy atom. The second-order valence-corrected chi connectivity index (χ2v) is 6.28. The van der Waals surface area contributed by atoms with Crippen LogP contribution in [0.15, 0.2) is 18.5 Å². The van der Waals surface area contributed by atoms with Gasteiger partial charge < -0.3 is 25.1 Å². The minimum Gasteiger partial charge on any atom is -0.481 e. The van der Waals surface area contributed by atoms with E-state index < -0.39 is 12.1 Å². The van der Waals surface area contributed by atoms with Gasteiger partial charge in [0.2, 0.25) is 0 Å². The van der Waals surface area contributed by atoms with Crippen LogP contribution in [0, 0.1) is 0 Å². The monoisotopic (exact) mass is 378 g/mol.